The normalized spacial score (nSPS) is 10.3. The Morgan fingerprint density at radius 3 is 2.23 bits per heavy atom. The lowest BCUT2D eigenvalue weighted by Crippen LogP contribution is -2.12. The number of ether oxygens (including phenoxy) is 4. The molecule has 156 valence electrons. The predicted octanol–water partition coefficient (Wildman–Crippen LogP) is 5.75. The lowest BCUT2D eigenvalue weighted by Gasteiger charge is -2.14. The van der Waals surface area contributed by atoms with Gasteiger partial charge in [-0.25, -0.2) is 0 Å². The van der Waals surface area contributed by atoms with Crippen molar-refractivity contribution in [1.82, 2.24) is 0 Å². The van der Waals surface area contributed by atoms with Gasteiger partial charge in [0.05, 0.1) is 24.4 Å². The summed E-state index contributed by atoms with van der Waals surface area (Å²) in [6.07, 6.45) is 0. The number of nitrogens with one attached hydrogen (secondary N) is 1. The van der Waals surface area contributed by atoms with E-state index >= 15 is 0 Å². The number of amides is 1. The summed E-state index contributed by atoms with van der Waals surface area (Å²) in [7, 11) is 3.15. The fraction of sp³-hybridized carbons (Fsp3) is 0.174. The zero-order valence-corrected chi connectivity index (χ0v) is 19.1. The van der Waals surface area contributed by atoms with Crippen molar-refractivity contribution < 1.29 is 23.7 Å². The van der Waals surface area contributed by atoms with Gasteiger partial charge in [-0.05, 0) is 78.0 Å². The molecule has 0 fully saturated rings. The highest BCUT2D eigenvalue weighted by molar-refractivity contribution is 14.1. The molecule has 3 aromatic carbocycles. The lowest BCUT2D eigenvalue weighted by atomic mass is 10.1. The topological polar surface area (TPSA) is 66.0 Å². The minimum atomic E-state index is -0.243. The number of hydrogen-bond donors (Lipinski definition) is 1. The van der Waals surface area contributed by atoms with E-state index in [4.69, 9.17) is 18.9 Å². The Balaban J connectivity index is 1.72. The van der Waals surface area contributed by atoms with Crippen LogP contribution in [0, 0.1) is 3.57 Å². The van der Waals surface area contributed by atoms with Crippen molar-refractivity contribution in [2.24, 2.45) is 0 Å². The monoisotopic (exact) mass is 519 g/mol. The van der Waals surface area contributed by atoms with Gasteiger partial charge in [0.1, 0.15) is 5.75 Å². The van der Waals surface area contributed by atoms with E-state index in [9.17, 15) is 4.79 Å². The minimum Gasteiger partial charge on any atom is -0.493 e. The first-order valence-electron chi connectivity index (χ1n) is 9.28. The average Bonchev–Trinajstić information content (AvgIpc) is 2.76. The van der Waals surface area contributed by atoms with Crippen LogP contribution in [0.5, 0.6) is 28.7 Å². The molecule has 0 unspecified atom stereocenters. The fourth-order valence-corrected chi connectivity index (χ4v) is 3.53. The van der Waals surface area contributed by atoms with E-state index in [1.807, 2.05) is 31.2 Å². The summed E-state index contributed by atoms with van der Waals surface area (Å²) in [5, 5.41) is 2.88. The van der Waals surface area contributed by atoms with E-state index in [0.29, 0.717) is 46.6 Å². The largest absolute Gasteiger partial charge is 0.493 e. The van der Waals surface area contributed by atoms with Crippen LogP contribution in [-0.2, 0) is 0 Å². The second kappa shape index (κ2) is 10.2. The molecule has 0 spiro atoms. The molecule has 0 saturated heterocycles. The summed E-state index contributed by atoms with van der Waals surface area (Å²) in [6, 6.07) is 18.0. The van der Waals surface area contributed by atoms with Crippen molar-refractivity contribution in [3.8, 4) is 28.7 Å². The standard InChI is InChI=1S/C23H22INO5/c1-4-29-22-18(24)13-15(14-21(22)28-3)23(26)25-16-9-11-17(12-10-16)30-20-8-6-5-7-19(20)27-2/h5-14H,4H2,1-3H3,(H,25,26). The Morgan fingerprint density at radius 2 is 1.60 bits per heavy atom. The summed E-state index contributed by atoms with van der Waals surface area (Å²) in [5.74, 6) is 2.81. The molecule has 1 amide bonds. The second-order valence-corrected chi connectivity index (χ2v) is 7.32. The van der Waals surface area contributed by atoms with Gasteiger partial charge in [-0.3, -0.25) is 4.79 Å². The van der Waals surface area contributed by atoms with Gasteiger partial charge in [0.25, 0.3) is 5.91 Å². The van der Waals surface area contributed by atoms with Crippen molar-refractivity contribution in [2.75, 3.05) is 26.1 Å². The summed E-state index contributed by atoms with van der Waals surface area (Å²) in [4.78, 5) is 12.7. The third-order valence-corrected chi connectivity index (χ3v) is 4.99. The van der Waals surface area contributed by atoms with Crippen LogP contribution in [0.4, 0.5) is 5.69 Å². The maximum atomic E-state index is 12.7. The molecule has 7 heteroatoms. The van der Waals surface area contributed by atoms with Gasteiger partial charge in [-0.2, -0.15) is 0 Å². The zero-order valence-electron chi connectivity index (χ0n) is 16.9. The highest BCUT2D eigenvalue weighted by Crippen LogP contribution is 2.34. The highest BCUT2D eigenvalue weighted by atomic mass is 127. The molecule has 1 N–H and O–H groups in total. The van der Waals surface area contributed by atoms with E-state index in [2.05, 4.69) is 27.9 Å². The van der Waals surface area contributed by atoms with Crippen LogP contribution >= 0.6 is 22.6 Å². The smallest absolute Gasteiger partial charge is 0.255 e. The first-order chi connectivity index (χ1) is 14.5. The van der Waals surface area contributed by atoms with Gasteiger partial charge in [-0.1, -0.05) is 12.1 Å². The maximum absolute atomic E-state index is 12.7. The molecule has 0 radical (unpaired) electrons. The van der Waals surface area contributed by atoms with E-state index in [0.717, 1.165) is 3.57 Å². The molecule has 0 aliphatic heterocycles. The third kappa shape index (κ3) is 5.15. The van der Waals surface area contributed by atoms with E-state index in [-0.39, 0.29) is 5.91 Å². The Morgan fingerprint density at radius 1 is 0.933 bits per heavy atom. The number of methoxy groups -OCH3 is 2. The average molecular weight is 519 g/mol. The molecular formula is C23H22INO5. The first kappa shape index (κ1) is 21.8. The van der Waals surface area contributed by atoms with Crippen molar-refractivity contribution in [1.29, 1.82) is 0 Å². The molecular weight excluding hydrogens is 497 g/mol. The van der Waals surface area contributed by atoms with Crippen LogP contribution in [-0.4, -0.2) is 26.7 Å². The van der Waals surface area contributed by atoms with Gasteiger partial charge in [0.15, 0.2) is 23.0 Å². The number of para-hydroxylation sites is 2. The zero-order chi connectivity index (χ0) is 21.5. The van der Waals surface area contributed by atoms with Crippen LogP contribution in [0.15, 0.2) is 60.7 Å². The second-order valence-electron chi connectivity index (χ2n) is 6.15. The molecule has 0 bridgehead atoms. The fourth-order valence-electron chi connectivity index (χ4n) is 2.78. The van der Waals surface area contributed by atoms with Gasteiger partial charge in [0, 0.05) is 11.3 Å². The van der Waals surface area contributed by atoms with Crippen LogP contribution in [0.2, 0.25) is 0 Å². The van der Waals surface area contributed by atoms with Crippen LogP contribution in [0.25, 0.3) is 0 Å². The summed E-state index contributed by atoms with van der Waals surface area (Å²) >= 11 is 2.13. The number of hydrogen-bond acceptors (Lipinski definition) is 5. The SMILES string of the molecule is CCOc1c(I)cc(C(=O)Nc2ccc(Oc3ccccc3OC)cc2)cc1OC. The molecule has 0 heterocycles. The van der Waals surface area contributed by atoms with Gasteiger partial charge in [-0.15, -0.1) is 0 Å². The Labute approximate surface area is 189 Å². The number of anilines is 1. The molecule has 0 aliphatic rings. The Bertz CT molecular complexity index is 1020. The van der Waals surface area contributed by atoms with Crippen LogP contribution in [0.3, 0.4) is 0 Å². The van der Waals surface area contributed by atoms with Crippen molar-refractivity contribution in [3.05, 3.63) is 69.8 Å². The lowest BCUT2D eigenvalue weighted by molar-refractivity contribution is 0.102. The van der Waals surface area contributed by atoms with Crippen molar-refractivity contribution >= 4 is 34.2 Å². The molecule has 0 atom stereocenters. The van der Waals surface area contributed by atoms with Gasteiger partial charge >= 0.3 is 0 Å². The van der Waals surface area contributed by atoms with Crippen LogP contribution in [0.1, 0.15) is 17.3 Å². The number of carbonyl (C=O) groups is 1. The van der Waals surface area contributed by atoms with Crippen LogP contribution < -0.4 is 24.3 Å². The van der Waals surface area contributed by atoms with Crippen molar-refractivity contribution in [2.45, 2.75) is 6.92 Å². The number of carbonyl (C=O) groups excluding carboxylic acids is 1. The Hall–Kier alpha value is -2.94. The van der Waals surface area contributed by atoms with Crippen molar-refractivity contribution in [3.63, 3.8) is 0 Å². The molecule has 30 heavy (non-hydrogen) atoms. The number of benzene rings is 3. The summed E-state index contributed by atoms with van der Waals surface area (Å²) < 4.78 is 22.9. The molecule has 6 nitrogen and oxygen atoms in total. The number of rotatable bonds is 8. The molecule has 0 aromatic heterocycles. The molecule has 0 saturated carbocycles. The molecule has 3 rings (SSSR count). The molecule has 3 aromatic rings. The van der Waals surface area contributed by atoms with E-state index < -0.39 is 0 Å². The summed E-state index contributed by atoms with van der Waals surface area (Å²) in [6.45, 7) is 2.42. The molecule has 0 aliphatic carbocycles. The van der Waals surface area contributed by atoms with Gasteiger partial charge in [0.2, 0.25) is 0 Å². The quantitative estimate of drug-likeness (QED) is 0.384. The third-order valence-electron chi connectivity index (χ3n) is 4.19. The van der Waals surface area contributed by atoms with E-state index in [1.165, 1.54) is 0 Å². The van der Waals surface area contributed by atoms with Gasteiger partial charge < -0.3 is 24.3 Å². The Kier molecular flexibility index (Phi) is 7.40. The van der Waals surface area contributed by atoms with E-state index in [1.54, 1.807) is 50.6 Å². The predicted molar refractivity (Wildman–Crippen MR) is 124 cm³/mol. The minimum absolute atomic E-state index is 0.243. The number of halogens is 1. The summed E-state index contributed by atoms with van der Waals surface area (Å²) in [5.41, 5.74) is 1.13. The first-order valence-corrected chi connectivity index (χ1v) is 10.4. The maximum Gasteiger partial charge on any atom is 0.255 e. The highest BCUT2D eigenvalue weighted by Gasteiger charge is 2.15.